The average Bonchev–Trinajstić information content (AvgIpc) is 3.57. The molecular formula is C26H25F3N6OS. The molecule has 1 fully saturated rings. The van der Waals surface area contributed by atoms with Gasteiger partial charge in [0.2, 0.25) is 11.8 Å². The Balaban J connectivity index is 1.52. The minimum Gasteiger partial charge on any atom is -0.477 e. The number of ether oxygens (including phenoxy) is 1. The highest BCUT2D eigenvalue weighted by Crippen LogP contribution is 2.45. The highest BCUT2D eigenvalue weighted by molar-refractivity contribution is 7.25. The summed E-state index contributed by atoms with van der Waals surface area (Å²) in [5.74, 6) is 0.669. The standard InChI is InChI=1S/C26H25F3N6OS/c1-2-36-23-22-21(32-25(33-23)35-13-9-30-10-14-35)20-18(26(27,28)29)15-19(31-24(20)37-22)16-5-7-17(8-6-16)34-11-3-4-12-34/h3,5-8,11,15,30H,2,4,9-10,12-14H2,1H3. The quantitative estimate of drug-likeness (QED) is 0.371. The van der Waals surface area contributed by atoms with Gasteiger partial charge < -0.3 is 19.9 Å². The summed E-state index contributed by atoms with van der Waals surface area (Å²) in [5, 5.41) is 3.26. The number of piperazine rings is 1. The molecule has 5 heterocycles. The van der Waals surface area contributed by atoms with Crippen molar-refractivity contribution in [1.29, 1.82) is 0 Å². The number of fused-ring (bicyclic) bond motifs is 3. The molecule has 1 saturated heterocycles. The number of halogens is 3. The summed E-state index contributed by atoms with van der Waals surface area (Å²) in [4.78, 5) is 18.2. The number of nitrogens with one attached hydrogen (secondary N) is 1. The van der Waals surface area contributed by atoms with Crippen molar-refractivity contribution in [3.05, 3.63) is 48.2 Å². The Morgan fingerprint density at radius 3 is 2.51 bits per heavy atom. The zero-order valence-electron chi connectivity index (χ0n) is 20.2. The predicted molar refractivity (Wildman–Crippen MR) is 141 cm³/mol. The predicted octanol–water partition coefficient (Wildman–Crippen LogP) is 5.46. The van der Waals surface area contributed by atoms with Crippen LogP contribution in [-0.4, -0.2) is 54.3 Å². The lowest BCUT2D eigenvalue weighted by Gasteiger charge is -2.27. The molecule has 2 aliphatic rings. The van der Waals surface area contributed by atoms with Gasteiger partial charge in [-0.1, -0.05) is 18.2 Å². The Morgan fingerprint density at radius 2 is 1.84 bits per heavy atom. The first-order chi connectivity index (χ1) is 17.9. The third-order valence-electron chi connectivity index (χ3n) is 6.55. The first-order valence-electron chi connectivity index (χ1n) is 12.3. The van der Waals surface area contributed by atoms with Gasteiger partial charge in [0.05, 0.1) is 23.3 Å². The molecule has 0 atom stereocenters. The summed E-state index contributed by atoms with van der Waals surface area (Å²) in [6.07, 6.45) is 0.497. The number of aromatic nitrogens is 3. The van der Waals surface area contributed by atoms with Crippen molar-refractivity contribution in [2.75, 3.05) is 49.1 Å². The van der Waals surface area contributed by atoms with Crippen LogP contribution in [0.25, 0.3) is 31.7 Å². The number of anilines is 2. The van der Waals surface area contributed by atoms with Gasteiger partial charge in [-0.3, -0.25) is 0 Å². The molecule has 2 aliphatic heterocycles. The van der Waals surface area contributed by atoms with E-state index in [1.165, 1.54) is 0 Å². The highest BCUT2D eigenvalue weighted by atomic mass is 32.1. The SMILES string of the molecule is CCOc1nc(N2CCNCC2)nc2c1sc1nc(-c3ccc(N4C=CCC4)cc3)cc(C(F)(F)F)c12. The van der Waals surface area contributed by atoms with E-state index in [1.807, 2.05) is 42.3 Å². The van der Waals surface area contributed by atoms with Crippen LogP contribution in [0.4, 0.5) is 24.8 Å². The molecule has 4 aromatic rings. The summed E-state index contributed by atoms with van der Waals surface area (Å²) >= 11 is 1.14. The van der Waals surface area contributed by atoms with E-state index in [1.54, 1.807) is 0 Å². The zero-order valence-corrected chi connectivity index (χ0v) is 21.0. The lowest BCUT2D eigenvalue weighted by molar-refractivity contribution is -0.136. The van der Waals surface area contributed by atoms with Crippen molar-refractivity contribution in [3.63, 3.8) is 0 Å². The number of thiophene rings is 1. The van der Waals surface area contributed by atoms with Crippen LogP contribution in [0.2, 0.25) is 0 Å². The molecule has 0 unspecified atom stereocenters. The first-order valence-corrected chi connectivity index (χ1v) is 13.1. The number of benzene rings is 1. The second-order valence-corrected chi connectivity index (χ2v) is 9.92. The fraction of sp³-hybridized carbons (Fsp3) is 0.346. The largest absolute Gasteiger partial charge is 0.477 e. The third-order valence-corrected chi connectivity index (χ3v) is 7.61. The average molecular weight is 527 g/mol. The van der Waals surface area contributed by atoms with E-state index in [2.05, 4.69) is 31.2 Å². The van der Waals surface area contributed by atoms with E-state index >= 15 is 0 Å². The molecule has 37 heavy (non-hydrogen) atoms. The molecule has 7 nitrogen and oxygen atoms in total. The van der Waals surface area contributed by atoms with E-state index in [0.717, 1.165) is 49.1 Å². The summed E-state index contributed by atoms with van der Waals surface area (Å²) in [7, 11) is 0. The topological polar surface area (TPSA) is 66.4 Å². The van der Waals surface area contributed by atoms with Gasteiger partial charge in [0.1, 0.15) is 15.0 Å². The third kappa shape index (κ3) is 4.46. The molecule has 11 heteroatoms. The van der Waals surface area contributed by atoms with Crippen LogP contribution >= 0.6 is 11.3 Å². The van der Waals surface area contributed by atoms with E-state index in [9.17, 15) is 13.2 Å². The Labute approximate surface area is 215 Å². The number of hydrogen-bond donors (Lipinski definition) is 1. The molecule has 0 bridgehead atoms. The summed E-state index contributed by atoms with van der Waals surface area (Å²) in [5.41, 5.74) is 1.36. The molecule has 1 aromatic carbocycles. The minimum absolute atomic E-state index is 0.00480. The fourth-order valence-electron chi connectivity index (χ4n) is 4.74. The molecule has 0 spiro atoms. The van der Waals surface area contributed by atoms with Gasteiger partial charge >= 0.3 is 6.18 Å². The number of pyridine rings is 1. The fourth-order valence-corrected chi connectivity index (χ4v) is 5.82. The van der Waals surface area contributed by atoms with Gasteiger partial charge in [-0.05, 0) is 31.5 Å². The van der Waals surface area contributed by atoms with Crippen molar-refractivity contribution in [2.24, 2.45) is 0 Å². The summed E-state index contributed by atoms with van der Waals surface area (Å²) in [6, 6.07) is 8.58. The maximum atomic E-state index is 14.5. The zero-order chi connectivity index (χ0) is 25.6. The van der Waals surface area contributed by atoms with E-state index in [0.29, 0.717) is 41.8 Å². The Kier molecular flexibility index (Phi) is 6.12. The van der Waals surface area contributed by atoms with E-state index in [-0.39, 0.29) is 21.4 Å². The minimum atomic E-state index is -4.59. The van der Waals surface area contributed by atoms with Crippen LogP contribution < -0.4 is 19.9 Å². The molecule has 0 aliphatic carbocycles. The van der Waals surface area contributed by atoms with Gasteiger partial charge in [-0.15, -0.1) is 11.3 Å². The highest BCUT2D eigenvalue weighted by Gasteiger charge is 2.36. The Morgan fingerprint density at radius 1 is 1.05 bits per heavy atom. The van der Waals surface area contributed by atoms with Crippen molar-refractivity contribution in [1.82, 2.24) is 20.3 Å². The molecule has 3 aromatic heterocycles. The van der Waals surface area contributed by atoms with Gasteiger partial charge in [-0.2, -0.15) is 18.2 Å². The normalized spacial score (nSPS) is 16.3. The van der Waals surface area contributed by atoms with Gasteiger partial charge in [-0.25, -0.2) is 9.97 Å². The lowest BCUT2D eigenvalue weighted by atomic mass is 10.1. The number of alkyl halides is 3. The molecule has 0 amide bonds. The van der Waals surface area contributed by atoms with Crippen LogP contribution in [-0.2, 0) is 6.18 Å². The van der Waals surface area contributed by atoms with Crippen LogP contribution in [0.3, 0.4) is 0 Å². The van der Waals surface area contributed by atoms with Gasteiger partial charge in [0, 0.05) is 50.2 Å². The van der Waals surface area contributed by atoms with Crippen molar-refractivity contribution in [3.8, 4) is 17.1 Å². The van der Waals surface area contributed by atoms with Crippen molar-refractivity contribution >= 4 is 43.4 Å². The number of hydrogen-bond acceptors (Lipinski definition) is 8. The van der Waals surface area contributed by atoms with Crippen LogP contribution in [0.15, 0.2) is 42.6 Å². The summed E-state index contributed by atoms with van der Waals surface area (Å²) in [6.45, 7) is 5.88. The monoisotopic (exact) mass is 526 g/mol. The van der Waals surface area contributed by atoms with Crippen LogP contribution in [0, 0.1) is 0 Å². The van der Waals surface area contributed by atoms with Crippen molar-refractivity contribution < 1.29 is 17.9 Å². The van der Waals surface area contributed by atoms with Gasteiger partial charge in [0.15, 0.2) is 0 Å². The number of rotatable bonds is 5. The Hall–Kier alpha value is -3.44. The van der Waals surface area contributed by atoms with Crippen LogP contribution in [0.5, 0.6) is 5.88 Å². The molecule has 1 N–H and O–H groups in total. The molecule has 0 saturated carbocycles. The van der Waals surface area contributed by atoms with E-state index in [4.69, 9.17) is 4.74 Å². The molecule has 6 rings (SSSR count). The Bertz CT molecular complexity index is 1480. The maximum absolute atomic E-state index is 14.5. The summed E-state index contributed by atoms with van der Waals surface area (Å²) < 4.78 is 49.6. The second kappa shape index (κ2) is 9.46. The maximum Gasteiger partial charge on any atom is 0.417 e. The smallest absolute Gasteiger partial charge is 0.417 e. The van der Waals surface area contributed by atoms with Crippen LogP contribution in [0.1, 0.15) is 18.9 Å². The van der Waals surface area contributed by atoms with Gasteiger partial charge in [0.25, 0.3) is 0 Å². The molecule has 0 radical (unpaired) electrons. The molecule has 192 valence electrons. The van der Waals surface area contributed by atoms with Crippen molar-refractivity contribution in [2.45, 2.75) is 19.5 Å². The second-order valence-electron chi connectivity index (χ2n) is 8.93. The lowest BCUT2D eigenvalue weighted by Crippen LogP contribution is -2.44. The molecular weight excluding hydrogens is 501 g/mol. The van der Waals surface area contributed by atoms with E-state index < -0.39 is 11.7 Å². The first kappa shape index (κ1) is 23.9. The number of nitrogens with zero attached hydrogens (tertiary/aromatic N) is 5.